The van der Waals surface area contributed by atoms with Gasteiger partial charge in [-0.3, -0.25) is 9.59 Å². The standard InChI is InChI=1S/C14H27N3O2S/c1-4-12(5-2)14(19)17(10-7-13(15)20)9-6-8-16-11(3)18/h12H,4-10H2,1-3H3,(H2,15,20)(H,16,18). The van der Waals surface area contributed by atoms with Gasteiger partial charge in [0.15, 0.2) is 0 Å². The zero-order chi connectivity index (χ0) is 15.5. The summed E-state index contributed by atoms with van der Waals surface area (Å²) in [4.78, 5) is 25.5. The Morgan fingerprint density at radius 1 is 1.25 bits per heavy atom. The van der Waals surface area contributed by atoms with E-state index in [4.69, 9.17) is 18.0 Å². The van der Waals surface area contributed by atoms with E-state index in [0.717, 1.165) is 19.3 Å². The lowest BCUT2D eigenvalue weighted by atomic mass is 10.0. The molecule has 0 fully saturated rings. The molecule has 0 saturated carbocycles. The second kappa shape index (κ2) is 10.6. The molecule has 0 heterocycles. The first-order valence-corrected chi connectivity index (χ1v) is 7.64. The highest BCUT2D eigenvalue weighted by Crippen LogP contribution is 2.12. The summed E-state index contributed by atoms with van der Waals surface area (Å²) in [7, 11) is 0. The summed E-state index contributed by atoms with van der Waals surface area (Å²) in [6.07, 6.45) is 2.96. The van der Waals surface area contributed by atoms with Crippen LogP contribution in [0.5, 0.6) is 0 Å². The number of amides is 2. The van der Waals surface area contributed by atoms with Gasteiger partial charge in [-0.05, 0) is 19.3 Å². The average Bonchev–Trinajstić information content (AvgIpc) is 2.38. The second-order valence-electron chi connectivity index (χ2n) is 4.89. The van der Waals surface area contributed by atoms with Crippen LogP contribution in [-0.4, -0.2) is 41.3 Å². The molecule has 2 amide bonds. The maximum atomic E-state index is 12.4. The summed E-state index contributed by atoms with van der Waals surface area (Å²) in [6.45, 7) is 7.29. The first kappa shape index (κ1) is 18.8. The van der Waals surface area contributed by atoms with Crippen molar-refractivity contribution >= 4 is 29.0 Å². The van der Waals surface area contributed by atoms with Crippen molar-refractivity contribution in [2.75, 3.05) is 19.6 Å². The van der Waals surface area contributed by atoms with Crippen molar-refractivity contribution in [2.24, 2.45) is 11.7 Å². The highest BCUT2D eigenvalue weighted by Gasteiger charge is 2.21. The maximum Gasteiger partial charge on any atom is 0.225 e. The molecule has 0 atom stereocenters. The number of rotatable bonds is 10. The molecule has 116 valence electrons. The van der Waals surface area contributed by atoms with Gasteiger partial charge in [0.2, 0.25) is 11.8 Å². The Labute approximate surface area is 127 Å². The topological polar surface area (TPSA) is 75.4 Å². The quantitative estimate of drug-likeness (QED) is 0.473. The van der Waals surface area contributed by atoms with E-state index in [-0.39, 0.29) is 17.7 Å². The third-order valence-electron chi connectivity index (χ3n) is 3.25. The van der Waals surface area contributed by atoms with Crippen molar-refractivity contribution in [1.29, 1.82) is 0 Å². The van der Waals surface area contributed by atoms with Gasteiger partial charge in [-0.15, -0.1) is 0 Å². The van der Waals surface area contributed by atoms with E-state index in [1.807, 2.05) is 18.7 Å². The maximum absolute atomic E-state index is 12.4. The summed E-state index contributed by atoms with van der Waals surface area (Å²) in [5.41, 5.74) is 5.51. The minimum Gasteiger partial charge on any atom is -0.393 e. The molecule has 0 spiro atoms. The molecule has 0 aliphatic carbocycles. The zero-order valence-corrected chi connectivity index (χ0v) is 13.6. The van der Waals surface area contributed by atoms with Crippen molar-refractivity contribution in [3.8, 4) is 0 Å². The first-order valence-electron chi connectivity index (χ1n) is 7.23. The van der Waals surface area contributed by atoms with Crippen LogP contribution in [0.25, 0.3) is 0 Å². The van der Waals surface area contributed by atoms with Crippen LogP contribution in [0.15, 0.2) is 0 Å². The number of carbonyl (C=O) groups excluding carboxylic acids is 2. The molecule has 0 aromatic rings. The summed E-state index contributed by atoms with van der Waals surface area (Å²) in [5.74, 6) is 0.169. The Morgan fingerprint density at radius 2 is 1.85 bits per heavy atom. The van der Waals surface area contributed by atoms with E-state index in [2.05, 4.69) is 5.32 Å². The lowest BCUT2D eigenvalue weighted by molar-refractivity contribution is -0.135. The van der Waals surface area contributed by atoms with Gasteiger partial charge in [0.05, 0.1) is 4.99 Å². The van der Waals surface area contributed by atoms with E-state index in [0.29, 0.717) is 31.0 Å². The van der Waals surface area contributed by atoms with E-state index in [1.54, 1.807) is 0 Å². The molecule has 0 unspecified atom stereocenters. The van der Waals surface area contributed by atoms with Crippen LogP contribution in [0.1, 0.15) is 46.5 Å². The van der Waals surface area contributed by atoms with Crippen molar-refractivity contribution < 1.29 is 9.59 Å². The Kier molecular flexibility index (Phi) is 9.98. The van der Waals surface area contributed by atoms with E-state index in [9.17, 15) is 9.59 Å². The fourth-order valence-electron chi connectivity index (χ4n) is 2.01. The number of thiocarbonyl (C=S) groups is 1. The summed E-state index contributed by atoms with van der Waals surface area (Å²) in [6, 6.07) is 0. The van der Waals surface area contributed by atoms with Gasteiger partial charge in [0.1, 0.15) is 0 Å². The molecule has 0 aliphatic heterocycles. The van der Waals surface area contributed by atoms with Crippen LogP contribution in [0.2, 0.25) is 0 Å². The lowest BCUT2D eigenvalue weighted by Crippen LogP contribution is -2.39. The summed E-state index contributed by atoms with van der Waals surface area (Å²) in [5, 5.41) is 2.73. The predicted octanol–water partition coefficient (Wildman–Crippen LogP) is 1.45. The van der Waals surface area contributed by atoms with E-state index >= 15 is 0 Å². The van der Waals surface area contributed by atoms with Crippen molar-refractivity contribution in [3.05, 3.63) is 0 Å². The summed E-state index contributed by atoms with van der Waals surface area (Å²) >= 11 is 4.88. The molecule has 3 N–H and O–H groups in total. The van der Waals surface area contributed by atoms with Crippen LogP contribution < -0.4 is 11.1 Å². The highest BCUT2D eigenvalue weighted by molar-refractivity contribution is 7.80. The number of carbonyl (C=O) groups is 2. The van der Waals surface area contributed by atoms with E-state index in [1.165, 1.54) is 6.92 Å². The van der Waals surface area contributed by atoms with Crippen LogP contribution >= 0.6 is 12.2 Å². The minimum atomic E-state index is -0.0500. The zero-order valence-electron chi connectivity index (χ0n) is 12.8. The largest absolute Gasteiger partial charge is 0.393 e. The highest BCUT2D eigenvalue weighted by atomic mass is 32.1. The number of hydrogen-bond acceptors (Lipinski definition) is 3. The van der Waals surface area contributed by atoms with Crippen LogP contribution in [-0.2, 0) is 9.59 Å². The number of nitrogens with two attached hydrogens (primary N) is 1. The van der Waals surface area contributed by atoms with Crippen LogP contribution in [0.4, 0.5) is 0 Å². The lowest BCUT2D eigenvalue weighted by Gasteiger charge is -2.26. The van der Waals surface area contributed by atoms with Gasteiger partial charge in [0, 0.05) is 38.9 Å². The Morgan fingerprint density at radius 3 is 2.30 bits per heavy atom. The fraction of sp³-hybridized carbons (Fsp3) is 0.786. The molecule has 6 heteroatoms. The molecular formula is C14H27N3O2S. The summed E-state index contributed by atoms with van der Waals surface area (Å²) < 4.78 is 0. The molecule has 5 nitrogen and oxygen atoms in total. The SMILES string of the molecule is CCC(CC)C(=O)N(CCCNC(C)=O)CCC(N)=S. The number of hydrogen-bond donors (Lipinski definition) is 2. The normalized spacial score (nSPS) is 10.4. The minimum absolute atomic E-state index is 0.0500. The third kappa shape index (κ3) is 8.09. The molecule has 0 aromatic carbocycles. The smallest absolute Gasteiger partial charge is 0.225 e. The van der Waals surface area contributed by atoms with Gasteiger partial charge in [-0.25, -0.2) is 0 Å². The van der Waals surface area contributed by atoms with Crippen molar-refractivity contribution in [2.45, 2.75) is 46.5 Å². The molecule has 0 aromatic heterocycles. The van der Waals surface area contributed by atoms with Crippen molar-refractivity contribution in [3.63, 3.8) is 0 Å². The molecule has 0 saturated heterocycles. The van der Waals surface area contributed by atoms with Gasteiger partial charge in [0.25, 0.3) is 0 Å². The molecule has 0 aliphatic rings. The molecule has 0 rings (SSSR count). The monoisotopic (exact) mass is 301 g/mol. The van der Waals surface area contributed by atoms with Gasteiger partial charge >= 0.3 is 0 Å². The number of nitrogens with zero attached hydrogens (tertiary/aromatic N) is 1. The Balaban J connectivity index is 4.42. The average molecular weight is 301 g/mol. The van der Waals surface area contributed by atoms with Gasteiger partial charge < -0.3 is 16.0 Å². The Bertz CT molecular complexity index is 330. The third-order valence-corrected chi connectivity index (χ3v) is 3.46. The van der Waals surface area contributed by atoms with Gasteiger partial charge in [-0.2, -0.15) is 0 Å². The van der Waals surface area contributed by atoms with Crippen molar-refractivity contribution in [1.82, 2.24) is 10.2 Å². The first-order chi connectivity index (χ1) is 9.42. The predicted molar refractivity (Wildman–Crippen MR) is 85.4 cm³/mol. The van der Waals surface area contributed by atoms with Crippen LogP contribution in [0, 0.1) is 5.92 Å². The van der Waals surface area contributed by atoms with Crippen LogP contribution in [0.3, 0.4) is 0 Å². The molecule has 0 radical (unpaired) electrons. The molecule has 20 heavy (non-hydrogen) atoms. The number of nitrogens with one attached hydrogen (secondary N) is 1. The molecular weight excluding hydrogens is 274 g/mol. The van der Waals surface area contributed by atoms with Gasteiger partial charge in [-0.1, -0.05) is 26.1 Å². The van der Waals surface area contributed by atoms with E-state index < -0.39 is 0 Å². The second-order valence-corrected chi connectivity index (χ2v) is 5.42. The Hall–Kier alpha value is -1.17. The molecule has 0 bridgehead atoms. The fourth-order valence-corrected chi connectivity index (χ4v) is 2.10.